The van der Waals surface area contributed by atoms with E-state index in [4.69, 9.17) is 0 Å². The van der Waals surface area contributed by atoms with E-state index >= 15 is 0 Å². The Morgan fingerprint density at radius 3 is 1.09 bits per heavy atom. The van der Waals surface area contributed by atoms with Crippen molar-refractivity contribution < 1.29 is 0 Å². The van der Waals surface area contributed by atoms with Crippen molar-refractivity contribution in [2.45, 2.75) is 208 Å². The molecular formula is C47H84. The molecule has 1 unspecified atom stereocenters. The van der Waals surface area contributed by atoms with Crippen LogP contribution in [0.15, 0.2) is 72.9 Å². The minimum absolute atomic E-state index is 0.520. The molecule has 0 saturated carbocycles. The lowest BCUT2D eigenvalue weighted by atomic mass is 9.64. The van der Waals surface area contributed by atoms with Crippen molar-refractivity contribution in [1.82, 2.24) is 0 Å². The van der Waals surface area contributed by atoms with Gasteiger partial charge in [0.2, 0.25) is 0 Å². The van der Waals surface area contributed by atoms with Gasteiger partial charge in [-0.05, 0) is 94.3 Å². The first kappa shape index (κ1) is 45.4. The fraction of sp³-hybridized carbons (Fsp3) is 0.745. The third-order valence-electron chi connectivity index (χ3n) is 10.4. The van der Waals surface area contributed by atoms with Gasteiger partial charge in [0.05, 0.1) is 0 Å². The molecule has 0 fully saturated rings. The van der Waals surface area contributed by atoms with Gasteiger partial charge in [-0.3, -0.25) is 0 Å². The molecule has 47 heavy (non-hydrogen) atoms. The Hall–Kier alpha value is -1.56. The highest BCUT2D eigenvalue weighted by atomic mass is 14.4. The zero-order valence-corrected chi connectivity index (χ0v) is 33.0. The first-order valence-corrected chi connectivity index (χ1v) is 21.0. The van der Waals surface area contributed by atoms with Gasteiger partial charge in [0.1, 0.15) is 0 Å². The summed E-state index contributed by atoms with van der Waals surface area (Å²) in [5.74, 6) is 1.77. The van der Waals surface area contributed by atoms with E-state index in [9.17, 15) is 0 Å². The number of unbranched alkanes of at least 4 members (excludes halogenated alkanes) is 12. The molecule has 0 spiro atoms. The Morgan fingerprint density at radius 2 is 0.723 bits per heavy atom. The van der Waals surface area contributed by atoms with E-state index in [1.165, 1.54) is 128 Å². The fourth-order valence-corrected chi connectivity index (χ4v) is 7.18. The van der Waals surface area contributed by atoms with Crippen molar-refractivity contribution in [3.63, 3.8) is 0 Å². The maximum absolute atomic E-state index is 2.68. The van der Waals surface area contributed by atoms with Crippen LogP contribution in [0.5, 0.6) is 0 Å². The Balaban J connectivity index is 4.32. The van der Waals surface area contributed by atoms with Crippen LogP contribution in [0.25, 0.3) is 0 Å². The smallest absolute Gasteiger partial charge is 0.0169 e. The van der Waals surface area contributed by atoms with Crippen LogP contribution in [0, 0.1) is 17.3 Å². The number of rotatable bonds is 34. The summed E-state index contributed by atoms with van der Waals surface area (Å²) in [5.41, 5.74) is 0.520. The second-order valence-electron chi connectivity index (χ2n) is 14.7. The van der Waals surface area contributed by atoms with E-state index in [2.05, 4.69) is 114 Å². The third-order valence-corrected chi connectivity index (χ3v) is 10.4. The van der Waals surface area contributed by atoms with E-state index in [0.29, 0.717) is 5.41 Å². The lowest BCUT2D eigenvalue weighted by molar-refractivity contribution is 0.0919. The van der Waals surface area contributed by atoms with Gasteiger partial charge >= 0.3 is 0 Å². The number of hydrogen-bond donors (Lipinski definition) is 0. The molecule has 0 aliphatic rings. The Kier molecular flexibility index (Phi) is 34.6. The molecule has 0 aromatic rings. The molecule has 1 atom stereocenters. The van der Waals surface area contributed by atoms with Crippen LogP contribution in [0.3, 0.4) is 0 Å². The van der Waals surface area contributed by atoms with Gasteiger partial charge in [-0.1, -0.05) is 204 Å². The normalized spacial score (nSPS) is 13.9. The van der Waals surface area contributed by atoms with E-state index in [1.54, 1.807) is 0 Å². The summed E-state index contributed by atoms with van der Waals surface area (Å²) >= 11 is 0. The zero-order valence-electron chi connectivity index (χ0n) is 33.0. The second-order valence-corrected chi connectivity index (χ2v) is 14.7. The first-order valence-electron chi connectivity index (χ1n) is 21.0. The van der Waals surface area contributed by atoms with Crippen molar-refractivity contribution in [3.8, 4) is 0 Å². The summed E-state index contributed by atoms with van der Waals surface area (Å²) < 4.78 is 0. The minimum atomic E-state index is 0.520. The minimum Gasteiger partial charge on any atom is -0.0885 e. The van der Waals surface area contributed by atoms with Gasteiger partial charge in [0.15, 0.2) is 0 Å². The molecule has 0 aliphatic heterocycles. The number of allylic oxidation sites excluding steroid dienone is 12. The molecule has 0 amide bonds. The molecule has 0 aliphatic carbocycles. The molecule has 0 heterocycles. The third kappa shape index (κ3) is 29.1. The van der Waals surface area contributed by atoms with E-state index in [1.807, 2.05) is 0 Å². The molecule has 0 nitrogen and oxygen atoms in total. The summed E-state index contributed by atoms with van der Waals surface area (Å²) in [5, 5.41) is 0. The molecular weight excluding hydrogens is 565 g/mol. The average molecular weight is 649 g/mol. The molecule has 0 aromatic carbocycles. The van der Waals surface area contributed by atoms with Crippen LogP contribution < -0.4 is 0 Å². The SMILES string of the molecule is CC/C=C\C/C=C\C/C=C\CCCCCCCCC(C)(CCCCCCCC/C=C\C/C=C\C/C=C\CC)C(C)C(CCC)CCC. The fourth-order valence-electron chi connectivity index (χ4n) is 7.18. The van der Waals surface area contributed by atoms with Crippen molar-refractivity contribution >= 4 is 0 Å². The Labute approximate surface area is 297 Å². The van der Waals surface area contributed by atoms with Crippen LogP contribution in [0.4, 0.5) is 0 Å². The first-order chi connectivity index (χ1) is 23.1. The molecule has 0 N–H and O–H groups in total. The summed E-state index contributed by atoms with van der Waals surface area (Å²) in [4.78, 5) is 0. The Morgan fingerprint density at radius 1 is 0.404 bits per heavy atom. The van der Waals surface area contributed by atoms with Gasteiger partial charge in [0, 0.05) is 0 Å². The lowest BCUT2D eigenvalue weighted by Gasteiger charge is -2.41. The second kappa shape index (κ2) is 35.7. The molecule has 0 heteroatoms. The van der Waals surface area contributed by atoms with Crippen LogP contribution >= 0.6 is 0 Å². The monoisotopic (exact) mass is 649 g/mol. The van der Waals surface area contributed by atoms with Gasteiger partial charge in [-0.2, -0.15) is 0 Å². The van der Waals surface area contributed by atoms with Gasteiger partial charge in [0.25, 0.3) is 0 Å². The highest BCUT2D eigenvalue weighted by Crippen LogP contribution is 2.44. The molecule has 0 saturated heterocycles. The predicted octanol–water partition coefficient (Wildman–Crippen LogP) is 16.8. The number of hydrogen-bond acceptors (Lipinski definition) is 0. The quantitative estimate of drug-likeness (QED) is 0.0481. The highest BCUT2D eigenvalue weighted by Gasteiger charge is 2.34. The molecule has 0 aromatic heterocycles. The summed E-state index contributed by atoms with van der Waals surface area (Å²) in [7, 11) is 0. The average Bonchev–Trinajstić information content (AvgIpc) is 3.07. The molecule has 0 rings (SSSR count). The van der Waals surface area contributed by atoms with Gasteiger partial charge < -0.3 is 0 Å². The highest BCUT2D eigenvalue weighted by molar-refractivity contribution is 4.98. The standard InChI is InChI=1S/C47H84/c1-7-11-13-15-17-19-21-23-25-27-29-31-33-35-37-39-43-47(6,45(5)46(41-9-3)42-10-4)44-40-38-36-34-32-30-28-26-24-22-20-18-16-14-12-8-2/h11-14,17-20,23-26,45-46H,7-10,15-16,21-22,27-44H2,1-6H3/b13-11-,14-12-,19-17-,20-18-,25-23-,26-24-. The predicted molar refractivity (Wildman–Crippen MR) is 218 cm³/mol. The molecule has 0 radical (unpaired) electrons. The zero-order chi connectivity index (χ0) is 34.5. The largest absolute Gasteiger partial charge is 0.0885 e. The summed E-state index contributed by atoms with van der Waals surface area (Å²) in [6, 6.07) is 0. The summed E-state index contributed by atoms with van der Waals surface area (Å²) in [6.07, 6.45) is 62.1. The summed E-state index contributed by atoms with van der Waals surface area (Å²) in [6.45, 7) is 14.5. The van der Waals surface area contributed by atoms with Crippen molar-refractivity contribution in [2.24, 2.45) is 17.3 Å². The van der Waals surface area contributed by atoms with Crippen molar-refractivity contribution in [2.75, 3.05) is 0 Å². The van der Waals surface area contributed by atoms with Crippen molar-refractivity contribution in [3.05, 3.63) is 72.9 Å². The Bertz CT molecular complexity index is 742. The van der Waals surface area contributed by atoms with E-state index in [-0.39, 0.29) is 0 Å². The maximum atomic E-state index is 2.68. The molecule has 272 valence electrons. The van der Waals surface area contributed by atoms with E-state index < -0.39 is 0 Å². The van der Waals surface area contributed by atoms with Crippen molar-refractivity contribution in [1.29, 1.82) is 0 Å². The molecule has 0 bridgehead atoms. The van der Waals surface area contributed by atoms with Crippen LogP contribution in [0.1, 0.15) is 208 Å². The van der Waals surface area contributed by atoms with Gasteiger partial charge in [-0.25, -0.2) is 0 Å². The van der Waals surface area contributed by atoms with Gasteiger partial charge in [-0.15, -0.1) is 0 Å². The topological polar surface area (TPSA) is 0 Å². The van der Waals surface area contributed by atoms with E-state index in [0.717, 1.165) is 50.4 Å². The van der Waals surface area contributed by atoms with Crippen LogP contribution in [0.2, 0.25) is 0 Å². The maximum Gasteiger partial charge on any atom is -0.0169 e. The van der Waals surface area contributed by atoms with Crippen LogP contribution in [-0.4, -0.2) is 0 Å². The van der Waals surface area contributed by atoms with Crippen LogP contribution in [-0.2, 0) is 0 Å². The lowest BCUT2D eigenvalue weighted by Crippen LogP contribution is -2.31.